The smallest absolute Gasteiger partial charge is 0.267 e. The zero-order valence-electron chi connectivity index (χ0n) is 18.3. The van der Waals surface area contributed by atoms with Crippen LogP contribution in [0, 0.1) is 6.92 Å². The Kier molecular flexibility index (Phi) is 6.07. The van der Waals surface area contributed by atoms with E-state index < -0.39 is 0 Å². The predicted molar refractivity (Wildman–Crippen MR) is 134 cm³/mol. The van der Waals surface area contributed by atoms with Crippen molar-refractivity contribution < 1.29 is 4.79 Å². The van der Waals surface area contributed by atoms with Crippen LogP contribution >= 0.6 is 24.0 Å². The Morgan fingerprint density at radius 3 is 2.59 bits per heavy atom. The minimum absolute atomic E-state index is 0.0794. The third-order valence-corrected chi connectivity index (χ3v) is 8.15. The van der Waals surface area contributed by atoms with Crippen molar-refractivity contribution in [2.24, 2.45) is 0 Å². The lowest BCUT2D eigenvalue weighted by Crippen LogP contribution is -2.36. The molecule has 0 bridgehead atoms. The minimum atomic E-state index is -0.164. The number of hydrogen-bond acceptors (Lipinski definition) is 6. The quantitative estimate of drug-likeness (QED) is 0.509. The zero-order valence-corrected chi connectivity index (χ0v) is 19.9. The lowest BCUT2D eigenvalue weighted by Gasteiger charge is -2.24. The van der Waals surface area contributed by atoms with Crippen LogP contribution in [0.2, 0.25) is 0 Å². The summed E-state index contributed by atoms with van der Waals surface area (Å²) in [5.74, 6) is 0.492. The van der Waals surface area contributed by atoms with Gasteiger partial charge >= 0.3 is 0 Å². The molecule has 0 radical (unpaired) electrons. The topological polar surface area (TPSA) is 66.7 Å². The zero-order chi connectivity index (χ0) is 22.2. The minimum Gasteiger partial charge on any atom is -0.367 e. The number of nitrogens with zero attached hydrogens (tertiary/aromatic N) is 3. The molecule has 1 saturated heterocycles. The van der Waals surface area contributed by atoms with E-state index in [0.29, 0.717) is 32.3 Å². The van der Waals surface area contributed by atoms with Gasteiger partial charge in [0, 0.05) is 18.3 Å². The van der Waals surface area contributed by atoms with Crippen molar-refractivity contribution in [3.05, 3.63) is 44.7 Å². The van der Waals surface area contributed by atoms with Gasteiger partial charge in [0.2, 0.25) is 0 Å². The van der Waals surface area contributed by atoms with Crippen molar-refractivity contribution in [2.45, 2.75) is 76.8 Å². The van der Waals surface area contributed by atoms with E-state index in [-0.39, 0.29) is 17.5 Å². The fourth-order valence-corrected chi connectivity index (χ4v) is 6.46. The van der Waals surface area contributed by atoms with Crippen LogP contribution in [0.1, 0.15) is 68.9 Å². The molecule has 32 heavy (non-hydrogen) atoms. The summed E-state index contributed by atoms with van der Waals surface area (Å²) in [6.07, 6.45) is 13.4. The van der Waals surface area contributed by atoms with Crippen molar-refractivity contribution in [3.8, 4) is 0 Å². The maximum atomic E-state index is 13.5. The van der Waals surface area contributed by atoms with E-state index in [1.54, 1.807) is 21.6 Å². The molecule has 1 aliphatic heterocycles. The Labute approximate surface area is 197 Å². The third kappa shape index (κ3) is 3.99. The SMILES string of the molecule is Cc1cccn2c(=O)c(C=C3SC(=S)N(C4CCCC4)C3=O)c(NC3CCCCC3)nc12. The molecule has 3 aliphatic rings. The Hall–Kier alpha value is -2.19. The van der Waals surface area contributed by atoms with Gasteiger partial charge in [0.1, 0.15) is 15.8 Å². The average Bonchev–Trinajstić information content (AvgIpc) is 3.40. The molecule has 8 heteroatoms. The van der Waals surface area contributed by atoms with Gasteiger partial charge in [-0.2, -0.15) is 0 Å². The second-order valence-corrected chi connectivity index (χ2v) is 10.7. The molecule has 2 aliphatic carbocycles. The molecular formula is C24H28N4O2S2. The second kappa shape index (κ2) is 8.98. The van der Waals surface area contributed by atoms with Gasteiger partial charge in [-0.15, -0.1) is 0 Å². The predicted octanol–water partition coefficient (Wildman–Crippen LogP) is 4.89. The standard InChI is InChI=1S/C24H28N4O2S2/c1-15-8-7-13-27-21(15)26-20(25-16-9-3-2-4-10-16)18(22(27)29)14-19-23(30)28(24(31)32-19)17-11-5-6-12-17/h7-8,13-14,16-17,25H,2-6,9-12H2,1H3. The van der Waals surface area contributed by atoms with Crippen LogP contribution in [0.3, 0.4) is 0 Å². The van der Waals surface area contributed by atoms with Gasteiger partial charge in [-0.3, -0.25) is 18.9 Å². The summed E-state index contributed by atoms with van der Waals surface area (Å²) in [5, 5.41) is 3.54. The number of thiocarbonyl (C=S) groups is 1. The number of aryl methyl sites for hydroxylation is 1. The molecule has 2 aromatic rings. The van der Waals surface area contributed by atoms with E-state index in [4.69, 9.17) is 17.2 Å². The largest absolute Gasteiger partial charge is 0.367 e. The normalized spacial score (nSPS) is 21.9. The van der Waals surface area contributed by atoms with Crippen LogP contribution in [-0.2, 0) is 4.79 Å². The van der Waals surface area contributed by atoms with E-state index in [2.05, 4.69) is 5.32 Å². The van der Waals surface area contributed by atoms with Crippen LogP contribution < -0.4 is 10.9 Å². The van der Waals surface area contributed by atoms with Crippen LogP contribution in [0.4, 0.5) is 5.82 Å². The summed E-state index contributed by atoms with van der Waals surface area (Å²) >= 11 is 6.85. The van der Waals surface area contributed by atoms with Gasteiger partial charge in [-0.25, -0.2) is 4.98 Å². The number of carbonyl (C=O) groups is 1. The molecule has 5 rings (SSSR count). The fraction of sp³-hybridized carbons (Fsp3) is 0.500. The molecule has 0 unspecified atom stereocenters. The fourth-order valence-electron chi connectivity index (χ4n) is 5.08. The molecular weight excluding hydrogens is 440 g/mol. The number of fused-ring (bicyclic) bond motifs is 1. The Balaban J connectivity index is 1.58. The van der Waals surface area contributed by atoms with Crippen molar-refractivity contribution in [1.82, 2.24) is 14.3 Å². The Morgan fingerprint density at radius 2 is 1.84 bits per heavy atom. The number of hydrogen-bond donors (Lipinski definition) is 1. The number of thioether (sulfide) groups is 1. The summed E-state index contributed by atoms with van der Waals surface area (Å²) in [5.41, 5.74) is 1.86. The summed E-state index contributed by atoms with van der Waals surface area (Å²) in [6.45, 7) is 1.96. The monoisotopic (exact) mass is 468 g/mol. The average molecular weight is 469 g/mol. The van der Waals surface area contributed by atoms with E-state index >= 15 is 0 Å². The molecule has 0 aromatic carbocycles. The maximum Gasteiger partial charge on any atom is 0.267 e. The van der Waals surface area contributed by atoms with Gasteiger partial charge < -0.3 is 5.32 Å². The molecule has 1 N–H and O–H groups in total. The molecule has 0 spiro atoms. The van der Waals surface area contributed by atoms with Crippen LogP contribution in [0.5, 0.6) is 0 Å². The van der Waals surface area contributed by atoms with Crippen LogP contribution in [0.15, 0.2) is 28.0 Å². The summed E-state index contributed by atoms with van der Waals surface area (Å²) < 4.78 is 2.17. The number of aromatic nitrogens is 2. The van der Waals surface area contributed by atoms with Crippen molar-refractivity contribution in [1.29, 1.82) is 0 Å². The number of carbonyl (C=O) groups excluding carboxylic acids is 1. The summed E-state index contributed by atoms with van der Waals surface area (Å²) in [6, 6.07) is 4.29. The molecule has 6 nitrogen and oxygen atoms in total. The summed E-state index contributed by atoms with van der Waals surface area (Å²) in [4.78, 5) is 33.9. The number of rotatable bonds is 4. The van der Waals surface area contributed by atoms with E-state index in [1.165, 1.54) is 31.0 Å². The second-order valence-electron chi connectivity index (χ2n) is 9.03. The Morgan fingerprint density at radius 1 is 1.12 bits per heavy atom. The number of pyridine rings is 1. The first-order chi connectivity index (χ1) is 15.5. The number of anilines is 1. The van der Waals surface area contributed by atoms with Gasteiger partial charge in [-0.05, 0) is 50.3 Å². The highest BCUT2D eigenvalue weighted by Crippen LogP contribution is 2.38. The lowest BCUT2D eigenvalue weighted by molar-refractivity contribution is -0.123. The molecule has 1 amide bonds. The molecule has 2 aromatic heterocycles. The van der Waals surface area contributed by atoms with E-state index in [9.17, 15) is 9.59 Å². The number of amides is 1. The van der Waals surface area contributed by atoms with E-state index in [1.807, 2.05) is 19.1 Å². The van der Waals surface area contributed by atoms with Gasteiger partial charge in [-0.1, -0.05) is 62.2 Å². The van der Waals surface area contributed by atoms with E-state index in [0.717, 1.165) is 44.1 Å². The van der Waals surface area contributed by atoms with Crippen molar-refractivity contribution >= 4 is 51.7 Å². The first-order valence-corrected chi connectivity index (χ1v) is 12.8. The van der Waals surface area contributed by atoms with Crippen LogP contribution in [-0.4, -0.2) is 36.6 Å². The Bertz CT molecular complexity index is 1160. The first kappa shape index (κ1) is 21.6. The first-order valence-electron chi connectivity index (χ1n) is 11.6. The van der Waals surface area contributed by atoms with Crippen LogP contribution in [0.25, 0.3) is 11.7 Å². The van der Waals surface area contributed by atoms with Gasteiger partial charge in [0.15, 0.2) is 0 Å². The molecule has 168 valence electrons. The molecule has 3 heterocycles. The highest BCUT2D eigenvalue weighted by molar-refractivity contribution is 8.26. The molecule has 3 fully saturated rings. The summed E-state index contributed by atoms with van der Waals surface area (Å²) in [7, 11) is 0. The maximum absolute atomic E-state index is 13.5. The third-order valence-electron chi connectivity index (χ3n) is 6.82. The van der Waals surface area contributed by atoms with Gasteiger partial charge in [0.25, 0.3) is 11.5 Å². The molecule has 0 atom stereocenters. The van der Waals surface area contributed by atoms with Crippen molar-refractivity contribution in [3.63, 3.8) is 0 Å². The lowest BCUT2D eigenvalue weighted by atomic mass is 9.95. The van der Waals surface area contributed by atoms with Gasteiger partial charge in [0.05, 0.1) is 10.5 Å². The highest BCUT2D eigenvalue weighted by atomic mass is 32.2. The highest BCUT2D eigenvalue weighted by Gasteiger charge is 2.38. The molecule has 2 saturated carbocycles. The number of nitrogens with one attached hydrogen (secondary N) is 1. The van der Waals surface area contributed by atoms with Crippen molar-refractivity contribution in [2.75, 3.05) is 5.32 Å².